The van der Waals surface area contributed by atoms with Gasteiger partial charge in [-0.15, -0.1) is 0 Å². The highest BCUT2D eigenvalue weighted by atomic mass is 16.5. The minimum atomic E-state index is -0.201. The third kappa shape index (κ3) is 7.05. The van der Waals surface area contributed by atoms with Crippen LogP contribution >= 0.6 is 0 Å². The molecule has 2 unspecified atom stereocenters. The summed E-state index contributed by atoms with van der Waals surface area (Å²) in [6.45, 7) is 3.10. The van der Waals surface area contributed by atoms with Gasteiger partial charge in [0, 0.05) is 6.61 Å². The quantitative estimate of drug-likeness (QED) is 0.618. The first-order chi connectivity index (χ1) is 8.34. The van der Waals surface area contributed by atoms with Crippen molar-refractivity contribution in [3.63, 3.8) is 0 Å². The van der Waals surface area contributed by atoms with Crippen molar-refractivity contribution in [3.8, 4) is 0 Å². The molecule has 0 saturated heterocycles. The zero-order valence-electron chi connectivity index (χ0n) is 11.5. The molecule has 0 aromatic heterocycles. The first kappa shape index (κ1) is 15.0. The third-order valence-electron chi connectivity index (χ3n) is 3.75. The van der Waals surface area contributed by atoms with E-state index in [0.29, 0.717) is 0 Å². The SMILES string of the molecule is CCCCCCCCCOC1CCCCC1O. The molecule has 1 N–H and O–H groups in total. The van der Waals surface area contributed by atoms with Crippen LogP contribution in [0.1, 0.15) is 77.6 Å². The fourth-order valence-electron chi connectivity index (χ4n) is 2.57. The summed E-state index contributed by atoms with van der Waals surface area (Å²) >= 11 is 0. The van der Waals surface area contributed by atoms with Crippen LogP contribution in [0.3, 0.4) is 0 Å². The van der Waals surface area contributed by atoms with Gasteiger partial charge in [-0.3, -0.25) is 0 Å². The zero-order chi connectivity index (χ0) is 12.3. The molecule has 2 atom stereocenters. The fraction of sp³-hybridized carbons (Fsp3) is 1.00. The van der Waals surface area contributed by atoms with E-state index in [2.05, 4.69) is 6.92 Å². The Labute approximate surface area is 107 Å². The Hall–Kier alpha value is -0.0800. The van der Waals surface area contributed by atoms with Gasteiger partial charge in [-0.2, -0.15) is 0 Å². The molecule has 0 amide bonds. The summed E-state index contributed by atoms with van der Waals surface area (Å²) in [6.07, 6.45) is 13.6. The Bertz CT molecular complexity index is 170. The zero-order valence-corrected chi connectivity index (χ0v) is 11.5. The lowest BCUT2D eigenvalue weighted by atomic mass is 9.95. The van der Waals surface area contributed by atoms with Gasteiger partial charge in [0.15, 0.2) is 0 Å². The van der Waals surface area contributed by atoms with Gasteiger partial charge in [-0.25, -0.2) is 0 Å². The van der Waals surface area contributed by atoms with Gasteiger partial charge in [0.1, 0.15) is 0 Å². The Balaban J connectivity index is 1.86. The van der Waals surface area contributed by atoms with Gasteiger partial charge in [0.2, 0.25) is 0 Å². The summed E-state index contributed by atoms with van der Waals surface area (Å²) in [6, 6.07) is 0. The van der Waals surface area contributed by atoms with Gasteiger partial charge >= 0.3 is 0 Å². The highest BCUT2D eigenvalue weighted by molar-refractivity contribution is 4.74. The summed E-state index contributed by atoms with van der Waals surface area (Å²) in [5.74, 6) is 0. The van der Waals surface area contributed by atoms with Crippen molar-refractivity contribution in [2.24, 2.45) is 0 Å². The van der Waals surface area contributed by atoms with Crippen molar-refractivity contribution in [2.75, 3.05) is 6.61 Å². The van der Waals surface area contributed by atoms with Gasteiger partial charge in [0.05, 0.1) is 12.2 Å². The van der Waals surface area contributed by atoms with E-state index in [-0.39, 0.29) is 12.2 Å². The first-order valence-electron chi connectivity index (χ1n) is 7.64. The van der Waals surface area contributed by atoms with E-state index in [1.165, 1.54) is 51.4 Å². The maximum Gasteiger partial charge on any atom is 0.0833 e. The van der Waals surface area contributed by atoms with E-state index in [0.717, 1.165) is 25.9 Å². The highest BCUT2D eigenvalue weighted by Gasteiger charge is 2.22. The van der Waals surface area contributed by atoms with Crippen molar-refractivity contribution < 1.29 is 9.84 Å². The molecule has 0 bridgehead atoms. The monoisotopic (exact) mass is 242 g/mol. The molecule has 1 aliphatic rings. The highest BCUT2D eigenvalue weighted by Crippen LogP contribution is 2.21. The molecule has 1 fully saturated rings. The van der Waals surface area contributed by atoms with Crippen LogP contribution in [0.5, 0.6) is 0 Å². The molecular weight excluding hydrogens is 212 g/mol. The summed E-state index contributed by atoms with van der Waals surface area (Å²) in [4.78, 5) is 0. The number of hydrogen-bond acceptors (Lipinski definition) is 2. The maximum atomic E-state index is 9.74. The van der Waals surface area contributed by atoms with Crippen LogP contribution in [0.25, 0.3) is 0 Å². The number of hydrogen-bond donors (Lipinski definition) is 1. The van der Waals surface area contributed by atoms with Crippen LogP contribution in [0, 0.1) is 0 Å². The second-order valence-electron chi connectivity index (χ2n) is 5.38. The first-order valence-corrected chi connectivity index (χ1v) is 7.64. The molecule has 102 valence electrons. The number of rotatable bonds is 9. The molecule has 0 aromatic carbocycles. The van der Waals surface area contributed by atoms with Crippen LogP contribution < -0.4 is 0 Å². The normalized spacial score (nSPS) is 25.1. The molecule has 1 aliphatic carbocycles. The lowest BCUT2D eigenvalue weighted by Crippen LogP contribution is -2.32. The molecule has 2 nitrogen and oxygen atoms in total. The number of unbranched alkanes of at least 4 members (excludes halogenated alkanes) is 6. The van der Waals surface area contributed by atoms with Crippen LogP contribution in [0.2, 0.25) is 0 Å². The fourth-order valence-corrected chi connectivity index (χ4v) is 2.57. The minimum Gasteiger partial charge on any atom is -0.390 e. The lowest BCUT2D eigenvalue weighted by molar-refractivity contribution is -0.0594. The van der Waals surface area contributed by atoms with Crippen LogP contribution in [-0.4, -0.2) is 23.9 Å². The average Bonchev–Trinajstić information content (AvgIpc) is 2.35. The average molecular weight is 242 g/mol. The largest absolute Gasteiger partial charge is 0.390 e. The Kier molecular flexibility index (Phi) is 8.72. The molecule has 0 aromatic rings. The van der Waals surface area contributed by atoms with Gasteiger partial charge < -0.3 is 9.84 Å². The molecule has 0 heterocycles. The summed E-state index contributed by atoms with van der Waals surface area (Å²) < 4.78 is 5.77. The summed E-state index contributed by atoms with van der Waals surface area (Å²) in [5.41, 5.74) is 0. The van der Waals surface area contributed by atoms with Crippen LogP contribution in [0.4, 0.5) is 0 Å². The van der Waals surface area contributed by atoms with Crippen LogP contribution in [0.15, 0.2) is 0 Å². The summed E-state index contributed by atoms with van der Waals surface area (Å²) in [7, 11) is 0. The Morgan fingerprint density at radius 3 is 2.29 bits per heavy atom. The Morgan fingerprint density at radius 1 is 0.941 bits per heavy atom. The number of aliphatic hydroxyl groups excluding tert-OH is 1. The minimum absolute atomic E-state index is 0.129. The molecule has 1 rings (SSSR count). The van der Waals surface area contributed by atoms with E-state index in [1.54, 1.807) is 0 Å². The van der Waals surface area contributed by atoms with E-state index in [4.69, 9.17) is 4.74 Å². The third-order valence-corrected chi connectivity index (χ3v) is 3.75. The van der Waals surface area contributed by atoms with E-state index >= 15 is 0 Å². The Morgan fingerprint density at radius 2 is 1.59 bits per heavy atom. The second-order valence-corrected chi connectivity index (χ2v) is 5.38. The predicted molar refractivity (Wildman–Crippen MR) is 72.2 cm³/mol. The number of ether oxygens (including phenoxy) is 1. The standard InChI is InChI=1S/C15H30O2/c1-2-3-4-5-6-7-10-13-17-15-12-9-8-11-14(15)16/h14-16H,2-13H2,1H3. The maximum absolute atomic E-state index is 9.74. The predicted octanol–water partition coefficient (Wildman–Crippen LogP) is 4.06. The smallest absolute Gasteiger partial charge is 0.0833 e. The van der Waals surface area contributed by atoms with Crippen LogP contribution in [-0.2, 0) is 4.74 Å². The molecule has 17 heavy (non-hydrogen) atoms. The molecule has 0 radical (unpaired) electrons. The van der Waals surface area contributed by atoms with Crippen molar-refractivity contribution in [1.29, 1.82) is 0 Å². The summed E-state index contributed by atoms with van der Waals surface area (Å²) in [5, 5.41) is 9.74. The molecule has 2 heteroatoms. The van der Waals surface area contributed by atoms with Gasteiger partial charge in [-0.1, -0.05) is 58.3 Å². The second kappa shape index (κ2) is 9.90. The topological polar surface area (TPSA) is 29.5 Å². The van der Waals surface area contributed by atoms with Crippen molar-refractivity contribution in [1.82, 2.24) is 0 Å². The molecule has 0 spiro atoms. The lowest BCUT2D eigenvalue weighted by Gasteiger charge is -2.27. The molecule has 0 aliphatic heterocycles. The molecular formula is C15H30O2. The van der Waals surface area contributed by atoms with Crippen molar-refractivity contribution >= 4 is 0 Å². The van der Waals surface area contributed by atoms with Gasteiger partial charge in [0.25, 0.3) is 0 Å². The van der Waals surface area contributed by atoms with Crippen molar-refractivity contribution in [2.45, 2.75) is 89.8 Å². The van der Waals surface area contributed by atoms with E-state index in [9.17, 15) is 5.11 Å². The van der Waals surface area contributed by atoms with E-state index in [1.807, 2.05) is 0 Å². The molecule has 1 saturated carbocycles. The number of aliphatic hydroxyl groups is 1. The van der Waals surface area contributed by atoms with Gasteiger partial charge in [-0.05, 0) is 19.3 Å². The van der Waals surface area contributed by atoms with Crippen molar-refractivity contribution in [3.05, 3.63) is 0 Å². The van der Waals surface area contributed by atoms with E-state index < -0.39 is 0 Å².